The fourth-order valence-electron chi connectivity index (χ4n) is 4.49. The molecule has 1 fully saturated rings. The second kappa shape index (κ2) is 7.83. The van der Waals surface area contributed by atoms with E-state index in [0.717, 1.165) is 16.7 Å². The molecule has 0 spiro atoms. The van der Waals surface area contributed by atoms with Crippen LogP contribution in [-0.2, 0) is 19.1 Å². The predicted octanol–water partition coefficient (Wildman–Crippen LogP) is 3.95. The quantitative estimate of drug-likeness (QED) is 0.428. The lowest BCUT2D eigenvalue weighted by atomic mass is 9.69. The summed E-state index contributed by atoms with van der Waals surface area (Å²) in [6, 6.07) is 3.97. The molecule has 148 valence electrons. The van der Waals surface area contributed by atoms with Crippen molar-refractivity contribution in [2.45, 2.75) is 60.5 Å². The van der Waals surface area contributed by atoms with Crippen LogP contribution in [0.5, 0.6) is 0 Å². The molecule has 0 unspecified atom stereocenters. The number of Topliss-reactive ketones (excluding diaryl/α,β-unsaturated/α-hetero) is 1. The zero-order valence-electron chi connectivity index (χ0n) is 17.3. The highest BCUT2D eigenvalue weighted by atomic mass is 16.6. The van der Waals surface area contributed by atoms with Gasteiger partial charge in [0, 0.05) is 17.4 Å². The number of carbonyl (C=O) groups excluding carboxylic acids is 3. The molecule has 0 amide bonds. The van der Waals surface area contributed by atoms with Crippen molar-refractivity contribution in [2.75, 3.05) is 6.61 Å². The molecule has 1 saturated heterocycles. The van der Waals surface area contributed by atoms with Gasteiger partial charge in [-0.15, -0.1) is 0 Å². The van der Waals surface area contributed by atoms with Crippen LogP contribution in [0.2, 0.25) is 0 Å². The van der Waals surface area contributed by atoms with Crippen LogP contribution in [0, 0.1) is 38.5 Å². The zero-order valence-corrected chi connectivity index (χ0v) is 17.3. The van der Waals surface area contributed by atoms with Crippen molar-refractivity contribution < 1.29 is 23.9 Å². The van der Waals surface area contributed by atoms with Crippen molar-refractivity contribution in [3.8, 4) is 0 Å². The second-order valence-electron chi connectivity index (χ2n) is 7.93. The van der Waals surface area contributed by atoms with Crippen molar-refractivity contribution in [2.24, 2.45) is 17.8 Å². The number of hydrogen-bond donors (Lipinski definition) is 0. The van der Waals surface area contributed by atoms with Gasteiger partial charge in [0.2, 0.25) is 0 Å². The average Bonchev–Trinajstić information content (AvgIpc) is 2.76. The van der Waals surface area contributed by atoms with E-state index in [0.29, 0.717) is 12.0 Å². The monoisotopic (exact) mass is 374 g/mol. The fraction of sp³-hybridized carbons (Fsp3) is 0.591. The molecular formula is C22H30O5. The number of aryl methyl sites for hydroxylation is 3. The summed E-state index contributed by atoms with van der Waals surface area (Å²) < 4.78 is 10.6. The van der Waals surface area contributed by atoms with E-state index in [1.807, 2.05) is 39.8 Å². The molecule has 1 heterocycles. The first kappa shape index (κ1) is 21.1. The highest BCUT2D eigenvalue weighted by Crippen LogP contribution is 2.45. The summed E-state index contributed by atoms with van der Waals surface area (Å²) in [5.41, 5.74) is 2.67. The first-order chi connectivity index (χ1) is 12.5. The molecule has 1 aromatic carbocycles. The molecule has 0 radical (unpaired) electrons. The standard InChI is InChI=1S/C22H30O5/c1-8-15(19(23)16-13(4)10-12(3)11-14(16)5)18-17(20(24)26-9-2)21(25)27-22(18,6)7/h10-11,15,17-18H,8-9H2,1-7H3/t15-,17+,18+/m0/s1. The number of ketones is 1. The predicted molar refractivity (Wildman–Crippen MR) is 103 cm³/mol. The molecule has 0 bridgehead atoms. The molecule has 0 saturated carbocycles. The largest absolute Gasteiger partial charge is 0.465 e. The minimum Gasteiger partial charge on any atom is -0.465 e. The Labute approximate surface area is 161 Å². The lowest BCUT2D eigenvalue weighted by Crippen LogP contribution is -2.42. The fourth-order valence-corrected chi connectivity index (χ4v) is 4.49. The number of cyclic esters (lactones) is 1. The average molecular weight is 374 g/mol. The van der Waals surface area contributed by atoms with E-state index in [9.17, 15) is 14.4 Å². The Morgan fingerprint density at radius 1 is 1.15 bits per heavy atom. The van der Waals surface area contributed by atoms with Gasteiger partial charge in [0.1, 0.15) is 5.60 Å². The van der Waals surface area contributed by atoms with Gasteiger partial charge in [-0.1, -0.05) is 24.6 Å². The minimum absolute atomic E-state index is 0.0434. The van der Waals surface area contributed by atoms with E-state index in [2.05, 4.69) is 0 Å². The lowest BCUT2D eigenvalue weighted by molar-refractivity contribution is -0.157. The van der Waals surface area contributed by atoms with Gasteiger partial charge < -0.3 is 9.47 Å². The number of ether oxygens (including phenoxy) is 2. The van der Waals surface area contributed by atoms with Gasteiger partial charge in [-0.05, 0) is 59.1 Å². The molecular weight excluding hydrogens is 344 g/mol. The third kappa shape index (κ3) is 3.92. The Morgan fingerprint density at radius 2 is 1.70 bits per heavy atom. The van der Waals surface area contributed by atoms with Gasteiger partial charge in [-0.2, -0.15) is 0 Å². The first-order valence-corrected chi connectivity index (χ1v) is 9.56. The van der Waals surface area contributed by atoms with Crippen molar-refractivity contribution in [3.63, 3.8) is 0 Å². The first-order valence-electron chi connectivity index (χ1n) is 9.56. The summed E-state index contributed by atoms with van der Waals surface area (Å²) >= 11 is 0. The van der Waals surface area contributed by atoms with E-state index in [4.69, 9.17) is 9.47 Å². The molecule has 1 aliphatic heterocycles. The van der Waals surface area contributed by atoms with E-state index in [1.165, 1.54) is 0 Å². The van der Waals surface area contributed by atoms with Crippen LogP contribution in [-0.4, -0.2) is 29.9 Å². The van der Waals surface area contributed by atoms with Gasteiger partial charge in [0.05, 0.1) is 6.61 Å². The summed E-state index contributed by atoms with van der Waals surface area (Å²) in [7, 11) is 0. The van der Waals surface area contributed by atoms with Crippen LogP contribution in [0.4, 0.5) is 0 Å². The maximum Gasteiger partial charge on any atom is 0.321 e. The van der Waals surface area contributed by atoms with Crippen LogP contribution in [0.3, 0.4) is 0 Å². The van der Waals surface area contributed by atoms with Crippen molar-refractivity contribution in [1.29, 1.82) is 0 Å². The van der Waals surface area contributed by atoms with Crippen molar-refractivity contribution in [3.05, 3.63) is 34.4 Å². The molecule has 1 aliphatic rings. The number of esters is 2. The van der Waals surface area contributed by atoms with Crippen molar-refractivity contribution >= 4 is 17.7 Å². The smallest absolute Gasteiger partial charge is 0.321 e. The molecule has 0 aliphatic carbocycles. The zero-order chi connectivity index (χ0) is 20.5. The van der Waals surface area contributed by atoms with E-state index >= 15 is 0 Å². The third-order valence-corrected chi connectivity index (χ3v) is 5.45. The molecule has 27 heavy (non-hydrogen) atoms. The van der Waals surface area contributed by atoms with E-state index in [-0.39, 0.29) is 12.4 Å². The molecule has 1 aromatic rings. The SMILES string of the molecule is CCOC(=O)[C@@H]1C(=O)OC(C)(C)[C@@H]1[C@H](CC)C(=O)c1c(C)cc(C)cc1C. The Balaban J connectivity index is 2.51. The topological polar surface area (TPSA) is 69.7 Å². The van der Waals surface area contributed by atoms with Crippen LogP contribution >= 0.6 is 0 Å². The van der Waals surface area contributed by atoms with Gasteiger partial charge in [-0.3, -0.25) is 14.4 Å². The summed E-state index contributed by atoms with van der Waals surface area (Å²) in [6.07, 6.45) is 0.506. The normalized spacial score (nSPS) is 22.3. The highest BCUT2D eigenvalue weighted by Gasteiger charge is 2.58. The van der Waals surface area contributed by atoms with E-state index < -0.39 is 35.3 Å². The Kier molecular flexibility index (Phi) is 6.13. The Morgan fingerprint density at radius 3 is 2.19 bits per heavy atom. The van der Waals surface area contributed by atoms with Crippen LogP contribution < -0.4 is 0 Å². The molecule has 0 N–H and O–H groups in total. The number of benzene rings is 1. The van der Waals surface area contributed by atoms with Crippen LogP contribution in [0.25, 0.3) is 0 Å². The van der Waals surface area contributed by atoms with Gasteiger partial charge in [0.15, 0.2) is 11.7 Å². The summed E-state index contributed by atoms with van der Waals surface area (Å²) in [6.45, 7) is 13.1. The van der Waals surface area contributed by atoms with Crippen molar-refractivity contribution in [1.82, 2.24) is 0 Å². The maximum absolute atomic E-state index is 13.5. The van der Waals surface area contributed by atoms with Crippen LogP contribution in [0.1, 0.15) is 61.2 Å². The van der Waals surface area contributed by atoms with E-state index in [1.54, 1.807) is 20.8 Å². The maximum atomic E-state index is 13.5. The molecule has 0 aromatic heterocycles. The molecule has 2 rings (SSSR count). The number of rotatable bonds is 6. The second-order valence-corrected chi connectivity index (χ2v) is 7.93. The number of carbonyl (C=O) groups is 3. The summed E-state index contributed by atoms with van der Waals surface area (Å²) in [5.74, 6) is -3.41. The minimum atomic E-state index is -1.07. The molecule has 3 atom stereocenters. The van der Waals surface area contributed by atoms with Gasteiger partial charge in [-0.25, -0.2) is 0 Å². The third-order valence-electron chi connectivity index (χ3n) is 5.45. The molecule has 5 nitrogen and oxygen atoms in total. The number of hydrogen-bond acceptors (Lipinski definition) is 5. The highest BCUT2D eigenvalue weighted by molar-refractivity contribution is 6.03. The Hall–Kier alpha value is -2.17. The van der Waals surface area contributed by atoms with Gasteiger partial charge >= 0.3 is 11.9 Å². The lowest BCUT2D eigenvalue weighted by Gasteiger charge is -2.32. The molecule has 5 heteroatoms. The summed E-state index contributed by atoms with van der Waals surface area (Å²) in [4.78, 5) is 38.4. The van der Waals surface area contributed by atoms with Gasteiger partial charge in [0.25, 0.3) is 0 Å². The summed E-state index contributed by atoms with van der Waals surface area (Å²) in [5, 5.41) is 0. The Bertz CT molecular complexity index is 739. The van der Waals surface area contributed by atoms with Crippen LogP contribution in [0.15, 0.2) is 12.1 Å².